The summed E-state index contributed by atoms with van der Waals surface area (Å²) in [6.07, 6.45) is -3.77. The lowest BCUT2D eigenvalue weighted by Gasteiger charge is -2.18. The topological polar surface area (TPSA) is 45.1 Å². The fraction of sp³-hybridized carbons (Fsp3) is 0.500. The maximum absolute atomic E-state index is 12.0. The van der Waals surface area contributed by atoms with Crippen molar-refractivity contribution < 1.29 is 18.3 Å². The molecule has 0 radical (unpaired) electrons. The van der Waals surface area contributed by atoms with Crippen LogP contribution >= 0.6 is 0 Å². The Morgan fingerprint density at radius 2 is 2.19 bits per heavy atom. The molecule has 0 fully saturated rings. The lowest BCUT2D eigenvalue weighted by atomic mass is 10.1. The maximum Gasteiger partial charge on any atom is 0.415 e. The summed E-state index contributed by atoms with van der Waals surface area (Å²) >= 11 is 0. The van der Waals surface area contributed by atoms with Crippen LogP contribution in [0.1, 0.15) is 18.5 Å². The first-order chi connectivity index (χ1) is 7.41. The van der Waals surface area contributed by atoms with Gasteiger partial charge in [-0.05, 0) is 18.6 Å². The molecule has 1 heterocycles. The number of aliphatic hydroxyl groups excluding tert-OH is 1. The summed E-state index contributed by atoms with van der Waals surface area (Å²) in [4.78, 5) is 3.86. The van der Waals surface area contributed by atoms with E-state index in [0.29, 0.717) is 0 Å². The van der Waals surface area contributed by atoms with E-state index in [9.17, 15) is 13.2 Å². The molecule has 0 aromatic carbocycles. The van der Waals surface area contributed by atoms with E-state index in [0.717, 1.165) is 5.56 Å². The number of rotatable bonds is 4. The summed E-state index contributed by atoms with van der Waals surface area (Å²) in [5.74, 6) is 0. The molecule has 0 aliphatic rings. The Morgan fingerprint density at radius 1 is 1.50 bits per heavy atom. The predicted octanol–water partition coefficient (Wildman–Crippen LogP) is 1.66. The molecule has 0 aliphatic heterocycles. The Hall–Kier alpha value is -1.14. The summed E-state index contributed by atoms with van der Waals surface area (Å²) < 4.78 is 36.0. The Morgan fingerprint density at radius 3 is 2.69 bits per heavy atom. The summed E-state index contributed by atoms with van der Waals surface area (Å²) in [6.45, 7) is 1.18. The van der Waals surface area contributed by atoms with Crippen molar-refractivity contribution in [1.82, 2.24) is 10.3 Å². The second-order valence-corrected chi connectivity index (χ2v) is 3.47. The normalized spacial score (nSPS) is 15.8. The fourth-order valence-electron chi connectivity index (χ4n) is 1.15. The van der Waals surface area contributed by atoms with Gasteiger partial charge in [0, 0.05) is 25.0 Å². The third-order valence-electron chi connectivity index (χ3n) is 2.18. The third-order valence-corrected chi connectivity index (χ3v) is 2.18. The van der Waals surface area contributed by atoms with E-state index in [1.165, 1.54) is 0 Å². The van der Waals surface area contributed by atoms with E-state index in [1.807, 2.05) is 0 Å². The summed E-state index contributed by atoms with van der Waals surface area (Å²) in [7, 11) is 0. The Labute approximate surface area is 91.3 Å². The smallest absolute Gasteiger partial charge is 0.382 e. The molecule has 6 heteroatoms. The first-order valence-electron chi connectivity index (χ1n) is 4.79. The van der Waals surface area contributed by atoms with E-state index in [2.05, 4.69) is 10.3 Å². The molecule has 90 valence electrons. The van der Waals surface area contributed by atoms with Crippen LogP contribution < -0.4 is 5.32 Å². The van der Waals surface area contributed by atoms with Crippen molar-refractivity contribution in [3.8, 4) is 0 Å². The minimum Gasteiger partial charge on any atom is -0.382 e. The number of hydrogen-bond acceptors (Lipinski definition) is 3. The monoisotopic (exact) mass is 234 g/mol. The quantitative estimate of drug-likeness (QED) is 0.832. The van der Waals surface area contributed by atoms with Crippen LogP contribution in [0.15, 0.2) is 24.5 Å². The van der Waals surface area contributed by atoms with Crippen LogP contribution in [-0.2, 0) is 0 Å². The lowest BCUT2D eigenvalue weighted by Crippen LogP contribution is -2.39. The molecule has 2 atom stereocenters. The number of aliphatic hydroxyl groups is 1. The summed E-state index contributed by atoms with van der Waals surface area (Å²) in [5, 5.41) is 11.4. The van der Waals surface area contributed by atoms with Crippen LogP contribution in [0.3, 0.4) is 0 Å². The first-order valence-corrected chi connectivity index (χ1v) is 4.79. The van der Waals surface area contributed by atoms with Gasteiger partial charge in [0.15, 0.2) is 6.10 Å². The molecule has 2 N–H and O–H groups in total. The van der Waals surface area contributed by atoms with Gasteiger partial charge in [0.25, 0.3) is 0 Å². The van der Waals surface area contributed by atoms with Gasteiger partial charge < -0.3 is 10.4 Å². The molecule has 3 nitrogen and oxygen atoms in total. The van der Waals surface area contributed by atoms with Gasteiger partial charge in [-0.2, -0.15) is 13.2 Å². The molecular formula is C10H13F3N2O. The van der Waals surface area contributed by atoms with Crippen molar-refractivity contribution in [2.45, 2.75) is 25.2 Å². The molecule has 2 unspecified atom stereocenters. The number of pyridine rings is 1. The predicted molar refractivity (Wildman–Crippen MR) is 52.7 cm³/mol. The molecule has 0 saturated carbocycles. The Bertz CT molecular complexity index is 316. The van der Waals surface area contributed by atoms with Gasteiger partial charge in [-0.25, -0.2) is 0 Å². The standard InChI is InChI=1S/C10H13F3N2O/c1-7(8-3-2-4-14-5-8)15-6-9(16)10(11,12)13/h2-5,7,9,15-16H,6H2,1H3. The summed E-state index contributed by atoms with van der Waals surface area (Å²) in [6, 6.07) is 3.17. The van der Waals surface area contributed by atoms with Crippen LogP contribution in [0.4, 0.5) is 13.2 Å². The van der Waals surface area contributed by atoms with Crippen molar-refractivity contribution in [2.24, 2.45) is 0 Å². The van der Waals surface area contributed by atoms with Gasteiger partial charge in [-0.1, -0.05) is 6.07 Å². The van der Waals surface area contributed by atoms with Gasteiger partial charge in [-0.3, -0.25) is 4.98 Å². The van der Waals surface area contributed by atoms with Crippen molar-refractivity contribution in [3.05, 3.63) is 30.1 Å². The fourth-order valence-corrected chi connectivity index (χ4v) is 1.15. The molecular weight excluding hydrogens is 221 g/mol. The lowest BCUT2D eigenvalue weighted by molar-refractivity contribution is -0.202. The molecule has 16 heavy (non-hydrogen) atoms. The number of alkyl halides is 3. The minimum atomic E-state index is -4.58. The highest BCUT2D eigenvalue weighted by molar-refractivity contribution is 5.12. The van der Waals surface area contributed by atoms with Crippen molar-refractivity contribution in [1.29, 1.82) is 0 Å². The second kappa shape index (κ2) is 5.27. The van der Waals surface area contributed by atoms with E-state index in [-0.39, 0.29) is 6.04 Å². The maximum atomic E-state index is 12.0. The number of nitrogens with zero attached hydrogens (tertiary/aromatic N) is 1. The van der Waals surface area contributed by atoms with Gasteiger partial charge >= 0.3 is 6.18 Å². The molecule has 0 aliphatic carbocycles. The third kappa shape index (κ3) is 3.79. The van der Waals surface area contributed by atoms with Crippen LogP contribution in [-0.4, -0.2) is 28.9 Å². The zero-order valence-corrected chi connectivity index (χ0v) is 8.70. The van der Waals surface area contributed by atoms with E-state index in [1.54, 1.807) is 31.5 Å². The van der Waals surface area contributed by atoms with Crippen molar-refractivity contribution in [2.75, 3.05) is 6.54 Å². The van der Waals surface area contributed by atoms with Gasteiger partial charge in [-0.15, -0.1) is 0 Å². The van der Waals surface area contributed by atoms with Crippen molar-refractivity contribution >= 4 is 0 Å². The van der Waals surface area contributed by atoms with E-state index < -0.39 is 18.8 Å². The van der Waals surface area contributed by atoms with Gasteiger partial charge in [0.1, 0.15) is 0 Å². The van der Waals surface area contributed by atoms with Gasteiger partial charge in [0.2, 0.25) is 0 Å². The highest BCUT2D eigenvalue weighted by Gasteiger charge is 2.37. The second-order valence-electron chi connectivity index (χ2n) is 3.47. The van der Waals surface area contributed by atoms with Crippen LogP contribution in [0, 0.1) is 0 Å². The number of halogens is 3. The average molecular weight is 234 g/mol. The zero-order chi connectivity index (χ0) is 12.2. The molecule has 0 saturated heterocycles. The molecule has 1 aromatic rings. The molecule has 0 spiro atoms. The van der Waals surface area contributed by atoms with Crippen molar-refractivity contribution in [3.63, 3.8) is 0 Å². The Balaban J connectivity index is 2.45. The van der Waals surface area contributed by atoms with Crippen LogP contribution in [0.5, 0.6) is 0 Å². The van der Waals surface area contributed by atoms with Gasteiger partial charge in [0.05, 0.1) is 0 Å². The number of hydrogen-bond donors (Lipinski definition) is 2. The zero-order valence-electron chi connectivity index (χ0n) is 8.70. The highest BCUT2D eigenvalue weighted by atomic mass is 19.4. The van der Waals surface area contributed by atoms with E-state index in [4.69, 9.17) is 5.11 Å². The average Bonchev–Trinajstić information content (AvgIpc) is 2.25. The molecule has 1 aromatic heterocycles. The number of aromatic nitrogens is 1. The molecule has 0 amide bonds. The molecule has 1 rings (SSSR count). The SMILES string of the molecule is CC(NCC(O)C(F)(F)F)c1cccnc1. The summed E-state index contributed by atoms with van der Waals surface area (Å²) in [5.41, 5.74) is 0.775. The largest absolute Gasteiger partial charge is 0.415 e. The first kappa shape index (κ1) is 12.9. The van der Waals surface area contributed by atoms with Crippen LogP contribution in [0.2, 0.25) is 0 Å². The van der Waals surface area contributed by atoms with E-state index >= 15 is 0 Å². The Kier molecular flexibility index (Phi) is 4.26. The highest BCUT2D eigenvalue weighted by Crippen LogP contribution is 2.20. The minimum absolute atomic E-state index is 0.286. The number of nitrogens with one attached hydrogen (secondary N) is 1. The van der Waals surface area contributed by atoms with Crippen LogP contribution in [0.25, 0.3) is 0 Å². The molecule has 0 bridgehead atoms.